The van der Waals surface area contributed by atoms with Gasteiger partial charge in [-0.05, 0) is 12.1 Å². The van der Waals surface area contributed by atoms with Crippen molar-refractivity contribution in [1.82, 2.24) is 0 Å². The first-order valence-electron chi connectivity index (χ1n) is 4.69. The Balaban J connectivity index is 2.80. The maximum Gasteiger partial charge on any atom is 0.335 e. The van der Waals surface area contributed by atoms with E-state index in [4.69, 9.17) is 10.2 Å². The molecule has 0 bridgehead atoms. The van der Waals surface area contributed by atoms with Crippen molar-refractivity contribution in [3.63, 3.8) is 0 Å². The molecule has 0 spiro atoms. The van der Waals surface area contributed by atoms with Gasteiger partial charge in [0.1, 0.15) is 0 Å². The molecule has 0 aromatic heterocycles. The highest BCUT2D eigenvalue weighted by Gasteiger charge is 2.12. The minimum Gasteiger partial charge on any atom is -0.478 e. The van der Waals surface area contributed by atoms with Gasteiger partial charge in [-0.25, -0.2) is 9.59 Å². The number of benzene rings is 1. The number of aliphatic carboxylic acids is 1. The van der Waals surface area contributed by atoms with Crippen LogP contribution in [0.2, 0.25) is 0 Å². The van der Waals surface area contributed by atoms with Crippen molar-refractivity contribution in [2.24, 2.45) is 0 Å². The first-order chi connectivity index (χ1) is 7.91. The molecule has 0 aliphatic carbocycles. The van der Waals surface area contributed by atoms with Crippen LogP contribution in [0, 0.1) is 0 Å². The average molecular weight is 234 g/mol. The quantitative estimate of drug-likeness (QED) is 0.596. The van der Waals surface area contributed by atoms with Gasteiger partial charge in [0, 0.05) is 17.6 Å². The number of carbonyl (C=O) groups is 3. The third-order valence-electron chi connectivity index (χ3n) is 2.13. The number of hydrogen-bond donors (Lipinski definition) is 2. The van der Waals surface area contributed by atoms with E-state index in [1.54, 1.807) is 0 Å². The van der Waals surface area contributed by atoms with E-state index in [9.17, 15) is 14.4 Å². The number of carboxylic acids is 2. The molecule has 0 saturated heterocycles. The number of ketones is 1. The number of aromatic carboxylic acids is 1. The number of Topliss-reactive ketones (excluding diaryl/α,β-unsaturated/α-hetero) is 1. The van der Waals surface area contributed by atoms with Gasteiger partial charge in [0.25, 0.3) is 0 Å². The minimum absolute atomic E-state index is 0.0682. The lowest BCUT2D eigenvalue weighted by atomic mass is 10.0. The number of hydrogen-bond acceptors (Lipinski definition) is 3. The maximum absolute atomic E-state index is 11.6. The van der Waals surface area contributed by atoms with Gasteiger partial charge < -0.3 is 10.2 Å². The largest absolute Gasteiger partial charge is 0.478 e. The van der Waals surface area contributed by atoms with Crippen molar-refractivity contribution in [2.75, 3.05) is 0 Å². The topological polar surface area (TPSA) is 91.7 Å². The van der Waals surface area contributed by atoms with E-state index in [0.29, 0.717) is 0 Å². The molecule has 1 aromatic rings. The van der Waals surface area contributed by atoms with Crippen LogP contribution < -0.4 is 0 Å². The summed E-state index contributed by atoms with van der Waals surface area (Å²) in [5, 5.41) is 17.2. The Bertz CT molecular complexity index is 484. The second-order valence-corrected chi connectivity index (χ2v) is 3.39. The predicted octanol–water partition coefficient (Wildman–Crippen LogP) is 1.60. The van der Waals surface area contributed by atoms with Crippen molar-refractivity contribution in [3.8, 4) is 0 Å². The third kappa shape index (κ3) is 3.27. The van der Waals surface area contributed by atoms with Crippen LogP contribution in [-0.4, -0.2) is 27.9 Å². The van der Waals surface area contributed by atoms with E-state index in [-0.39, 0.29) is 23.1 Å². The molecule has 1 rings (SSSR count). The minimum atomic E-state index is -1.22. The Hall–Kier alpha value is -2.43. The van der Waals surface area contributed by atoms with Gasteiger partial charge in [-0.3, -0.25) is 4.79 Å². The smallest absolute Gasteiger partial charge is 0.335 e. The molecule has 0 saturated carbocycles. The van der Waals surface area contributed by atoms with Crippen LogP contribution in [0.1, 0.15) is 27.1 Å². The molecule has 0 fully saturated rings. The molecular formula is C12H10O5. The van der Waals surface area contributed by atoms with Gasteiger partial charge in [-0.15, -0.1) is 0 Å². The predicted molar refractivity (Wildman–Crippen MR) is 59.1 cm³/mol. The number of carboxylic acid groups (broad SMARTS) is 2. The Morgan fingerprint density at radius 1 is 1.00 bits per heavy atom. The van der Waals surface area contributed by atoms with Crippen LogP contribution in [0.15, 0.2) is 36.4 Å². The Kier molecular flexibility index (Phi) is 3.77. The summed E-state index contributed by atoms with van der Waals surface area (Å²) >= 11 is 0. The van der Waals surface area contributed by atoms with Gasteiger partial charge in [0.15, 0.2) is 5.78 Å². The van der Waals surface area contributed by atoms with Crippen molar-refractivity contribution in [3.05, 3.63) is 47.5 Å². The monoisotopic (exact) mass is 234 g/mol. The second-order valence-electron chi connectivity index (χ2n) is 3.39. The number of rotatable bonds is 5. The molecule has 88 valence electrons. The van der Waals surface area contributed by atoms with Crippen LogP contribution >= 0.6 is 0 Å². The average Bonchev–Trinajstić information content (AvgIpc) is 2.28. The summed E-state index contributed by atoms with van der Waals surface area (Å²) < 4.78 is 0. The molecule has 0 aliphatic heterocycles. The zero-order chi connectivity index (χ0) is 13.0. The molecular weight excluding hydrogens is 224 g/mol. The van der Waals surface area contributed by atoms with E-state index in [2.05, 4.69) is 6.58 Å². The molecule has 1 aromatic carbocycles. The Morgan fingerprint density at radius 2 is 1.47 bits per heavy atom. The number of carbonyl (C=O) groups excluding carboxylic acids is 1. The summed E-state index contributed by atoms with van der Waals surface area (Å²) in [6.07, 6.45) is -0.290. The molecule has 2 N–H and O–H groups in total. The fraction of sp³-hybridized carbons (Fsp3) is 0.0833. The van der Waals surface area contributed by atoms with Crippen molar-refractivity contribution >= 4 is 17.7 Å². The van der Waals surface area contributed by atoms with Gasteiger partial charge in [0.05, 0.1) is 5.56 Å². The summed E-state index contributed by atoms with van der Waals surface area (Å²) in [5.74, 6) is -2.71. The zero-order valence-electron chi connectivity index (χ0n) is 8.84. The molecule has 0 amide bonds. The molecule has 0 aliphatic rings. The summed E-state index contributed by atoms with van der Waals surface area (Å²) in [6.45, 7) is 3.25. The maximum atomic E-state index is 11.6. The molecule has 0 atom stereocenters. The first kappa shape index (κ1) is 12.6. The standard InChI is InChI=1S/C12H10O5/c1-7(11(14)15)6-10(13)8-2-4-9(5-3-8)12(16)17/h2-5H,1,6H2,(H,14,15)(H,16,17). The summed E-state index contributed by atoms with van der Waals surface area (Å²) in [5.41, 5.74) is 0.133. The molecule has 0 heterocycles. The highest BCUT2D eigenvalue weighted by Crippen LogP contribution is 2.10. The Morgan fingerprint density at radius 3 is 1.88 bits per heavy atom. The van der Waals surface area contributed by atoms with Gasteiger partial charge >= 0.3 is 11.9 Å². The van der Waals surface area contributed by atoms with E-state index in [1.165, 1.54) is 24.3 Å². The molecule has 0 unspecified atom stereocenters. The summed E-state index contributed by atoms with van der Waals surface area (Å²) in [4.78, 5) is 32.6. The van der Waals surface area contributed by atoms with Crippen molar-refractivity contribution in [2.45, 2.75) is 6.42 Å². The lowest BCUT2D eigenvalue weighted by Crippen LogP contribution is -2.07. The van der Waals surface area contributed by atoms with Crippen LogP contribution in [0.4, 0.5) is 0 Å². The Labute approximate surface area is 97.0 Å². The zero-order valence-corrected chi connectivity index (χ0v) is 8.84. The first-order valence-corrected chi connectivity index (χ1v) is 4.69. The van der Waals surface area contributed by atoms with E-state index in [0.717, 1.165) is 0 Å². The highest BCUT2D eigenvalue weighted by atomic mass is 16.4. The van der Waals surface area contributed by atoms with E-state index in [1.807, 2.05) is 0 Å². The summed E-state index contributed by atoms with van der Waals surface area (Å²) in [7, 11) is 0. The normalized spacial score (nSPS) is 9.65. The van der Waals surface area contributed by atoms with Gasteiger partial charge in [-0.2, -0.15) is 0 Å². The molecule has 17 heavy (non-hydrogen) atoms. The van der Waals surface area contributed by atoms with Gasteiger partial charge in [-0.1, -0.05) is 18.7 Å². The van der Waals surface area contributed by atoms with Crippen LogP contribution in [0.25, 0.3) is 0 Å². The highest BCUT2D eigenvalue weighted by molar-refractivity contribution is 6.03. The third-order valence-corrected chi connectivity index (χ3v) is 2.13. The SMILES string of the molecule is C=C(CC(=O)c1ccc(C(=O)O)cc1)C(=O)O. The second kappa shape index (κ2) is 5.07. The van der Waals surface area contributed by atoms with Crippen molar-refractivity contribution < 1.29 is 24.6 Å². The van der Waals surface area contributed by atoms with Crippen LogP contribution in [0.5, 0.6) is 0 Å². The molecule has 0 radical (unpaired) electrons. The van der Waals surface area contributed by atoms with Crippen molar-refractivity contribution in [1.29, 1.82) is 0 Å². The summed E-state index contributed by atoms with van der Waals surface area (Å²) in [6, 6.07) is 5.28. The fourth-order valence-electron chi connectivity index (χ4n) is 1.17. The molecule has 5 heteroatoms. The molecule has 5 nitrogen and oxygen atoms in total. The van der Waals surface area contributed by atoms with Crippen LogP contribution in [-0.2, 0) is 4.79 Å². The lowest BCUT2D eigenvalue weighted by Gasteiger charge is -2.01. The fourth-order valence-corrected chi connectivity index (χ4v) is 1.17. The van der Waals surface area contributed by atoms with E-state index >= 15 is 0 Å². The van der Waals surface area contributed by atoms with E-state index < -0.39 is 17.7 Å². The van der Waals surface area contributed by atoms with Gasteiger partial charge in [0.2, 0.25) is 0 Å². The van der Waals surface area contributed by atoms with Crippen LogP contribution in [0.3, 0.4) is 0 Å². The lowest BCUT2D eigenvalue weighted by molar-refractivity contribution is -0.132.